The zero-order chi connectivity index (χ0) is 27.3. The highest BCUT2D eigenvalue weighted by Gasteiger charge is 2.59. The number of benzene rings is 2. The van der Waals surface area contributed by atoms with Gasteiger partial charge in [0.15, 0.2) is 8.32 Å². The first-order valence-electron chi connectivity index (χ1n) is 14.6. The van der Waals surface area contributed by atoms with Crippen molar-refractivity contribution < 1.29 is 13.6 Å². The minimum Gasteiger partial charge on any atom is -0.414 e. The molecule has 5 heteroatoms. The number of rotatable bonds is 14. The molecule has 0 unspecified atom stereocenters. The van der Waals surface area contributed by atoms with Crippen LogP contribution in [0.15, 0.2) is 60.7 Å². The molecular formula is C32H52O3Si2. The van der Waals surface area contributed by atoms with Crippen molar-refractivity contribution in [1.82, 2.24) is 0 Å². The Hall–Kier alpha value is -1.25. The predicted molar refractivity (Wildman–Crippen MR) is 163 cm³/mol. The monoisotopic (exact) mass is 540 g/mol. The van der Waals surface area contributed by atoms with Crippen LogP contribution in [0.5, 0.6) is 0 Å². The summed E-state index contributed by atoms with van der Waals surface area (Å²) in [5, 5.41) is 2.65. The number of hydrogen-bond donors (Lipinski definition) is 0. The minimum atomic E-state index is -2.62. The molecule has 37 heavy (non-hydrogen) atoms. The molecule has 0 aromatic heterocycles. The molecule has 3 rings (SSSR count). The van der Waals surface area contributed by atoms with E-state index in [9.17, 15) is 0 Å². The van der Waals surface area contributed by atoms with Gasteiger partial charge in [-0.3, -0.25) is 0 Å². The van der Waals surface area contributed by atoms with Crippen molar-refractivity contribution in [2.24, 2.45) is 5.92 Å². The largest absolute Gasteiger partial charge is 0.414 e. The van der Waals surface area contributed by atoms with E-state index in [2.05, 4.69) is 123 Å². The van der Waals surface area contributed by atoms with Gasteiger partial charge in [0.1, 0.15) is 5.60 Å². The van der Waals surface area contributed by atoms with E-state index >= 15 is 0 Å². The Kier molecular flexibility index (Phi) is 10.1. The highest BCUT2D eigenvalue weighted by Crippen LogP contribution is 2.46. The summed E-state index contributed by atoms with van der Waals surface area (Å²) in [6.07, 6.45) is 2.40. The summed E-state index contributed by atoms with van der Waals surface area (Å²) >= 11 is 0. The van der Waals surface area contributed by atoms with Gasteiger partial charge in [-0.15, -0.1) is 0 Å². The molecule has 0 saturated carbocycles. The van der Waals surface area contributed by atoms with E-state index in [4.69, 9.17) is 13.6 Å². The Morgan fingerprint density at radius 1 is 0.865 bits per heavy atom. The molecule has 1 heterocycles. The van der Waals surface area contributed by atoms with Crippen LogP contribution in [0.2, 0.25) is 23.2 Å². The van der Waals surface area contributed by atoms with Gasteiger partial charge in [0.2, 0.25) is 0 Å². The molecule has 1 aliphatic rings. The van der Waals surface area contributed by atoms with Gasteiger partial charge in [0.25, 0.3) is 8.32 Å². The number of hydrogen-bond acceptors (Lipinski definition) is 3. The maximum Gasteiger partial charge on any atom is 0.261 e. The van der Waals surface area contributed by atoms with Gasteiger partial charge in [-0.05, 0) is 46.9 Å². The molecule has 2 aromatic carbocycles. The Labute approximate surface area is 229 Å². The van der Waals surface area contributed by atoms with Crippen molar-refractivity contribution in [3.63, 3.8) is 0 Å². The summed E-state index contributed by atoms with van der Waals surface area (Å²) in [4.78, 5) is 0. The van der Waals surface area contributed by atoms with Crippen molar-refractivity contribution in [1.29, 1.82) is 0 Å². The quantitative estimate of drug-likeness (QED) is 0.183. The van der Waals surface area contributed by atoms with E-state index in [1.165, 1.54) is 28.5 Å². The van der Waals surface area contributed by atoms with Crippen molar-refractivity contribution in [3.05, 3.63) is 60.7 Å². The third-order valence-electron chi connectivity index (χ3n) is 8.92. The molecule has 1 fully saturated rings. The zero-order valence-corrected chi connectivity index (χ0v) is 27.0. The Morgan fingerprint density at radius 3 is 1.76 bits per heavy atom. The molecule has 4 atom stereocenters. The van der Waals surface area contributed by atoms with Gasteiger partial charge in [0, 0.05) is 5.92 Å². The second kappa shape index (κ2) is 12.3. The van der Waals surface area contributed by atoms with Gasteiger partial charge < -0.3 is 13.6 Å². The summed E-state index contributed by atoms with van der Waals surface area (Å²) in [5.41, 5.74) is -0.210. The first-order valence-corrected chi connectivity index (χ1v) is 19.1. The van der Waals surface area contributed by atoms with Gasteiger partial charge in [-0.25, -0.2) is 0 Å². The molecule has 0 radical (unpaired) electrons. The van der Waals surface area contributed by atoms with Crippen LogP contribution in [0.3, 0.4) is 0 Å². The molecule has 0 N–H and O–H groups in total. The molecule has 1 aliphatic heterocycles. The molecule has 0 spiro atoms. The van der Waals surface area contributed by atoms with Crippen LogP contribution in [0, 0.1) is 5.92 Å². The molecule has 1 saturated heterocycles. The SMILES string of the molecule is CCC[C@@H](O[Si](c1ccccc1)(c1ccccc1)C(C)(C)C)[C@@H](C)[C@H]1O[C@]1(C)CO[Si](CC)(CC)CC. The Morgan fingerprint density at radius 2 is 1.35 bits per heavy atom. The highest BCUT2D eigenvalue weighted by atomic mass is 28.4. The summed E-state index contributed by atoms with van der Waals surface area (Å²) in [6, 6.07) is 25.5. The van der Waals surface area contributed by atoms with E-state index in [1.807, 2.05) is 0 Å². The second-order valence-corrected chi connectivity index (χ2v) is 21.4. The van der Waals surface area contributed by atoms with Gasteiger partial charge in [-0.1, -0.05) is 122 Å². The lowest BCUT2D eigenvalue weighted by molar-refractivity contribution is 0.103. The maximum absolute atomic E-state index is 7.61. The van der Waals surface area contributed by atoms with Crippen molar-refractivity contribution in [3.8, 4) is 0 Å². The lowest BCUT2D eigenvalue weighted by atomic mass is 9.91. The normalized spacial score (nSPS) is 22.0. The standard InChI is InChI=1S/C32H52O3Si2/c1-10-20-29(26(5)30-32(9,34-30)25-33-36(11-2,12-3)13-4)35-37(31(6,7)8,27-21-16-14-17-22-27)28-23-18-15-19-24-28/h14-19,21-24,26,29-30H,10-13,20,25H2,1-9H3/t26-,29-,30-,32-/m1/s1. The number of ether oxygens (including phenoxy) is 1. The average molecular weight is 541 g/mol. The lowest BCUT2D eigenvalue weighted by Crippen LogP contribution is -2.68. The van der Waals surface area contributed by atoms with E-state index in [-0.39, 0.29) is 28.8 Å². The lowest BCUT2D eigenvalue weighted by Gasteiger charge is -2.46. The van der Waals surface area contributed by atoms with Crippen LogP contribution in [0.25, 0.3) is 0 Å². The molecule has 3 nitrogen and oxygen atoms in total. The first kappa shape index (κ1) is 30.3. The van der Waals surface area contributed by atoms with Crippen molar-refractivity contribution in [2.45, 2.75) is 116 Å². The van der Waals surface area contributed by atoms with E-state index < -0.39 is 16.6 Å². The molecule has 2 aromatic rings. The second-order valence-electron chi connectivity index (χ2n) is 12.4. The summed E-state index contributed by atoms with van der Waals surface area (Å²) in [6.45, 7) is 21.6. The minimum absolute atomic E-state index is 0.0349. The maximum atomic E-state index is 7.61. The molecule has 0 aliphatic carbocycles. The Balaban J connectivity index is 1.93. The van der Waals surface area contributed by atoms with Gasteiger partial charge >= 0.3 is 0 Å². The molecule has 206 valence electrons. The zero-order valence-electron chi connectivity index (χ0n) is 25.0. The van der Waals surface area contributed by atoms with Crippen molar-refractivity contribution >= 4 is 27.0 Å². The average Bonchev–Trinajstić information content (AvgIpc) is 3.59. The summed E-state index contributed by atoms with van der Waals surface area (Å²) in [7, 11) is -4.27. The third-order valence-corrected chi connectivity index (χ3v) is 18.6. The first-order chi connectivity index (χ1) is 17.5. The van der Waals surface area contributed by atoms with Crippen LogP contribution in [0.4, 0.5) is 0 Å². The molecule has 0 amide bonds. The van der Waals surface area contributed by atoms with E-state index in [0.29, 0.717) is 6.61 Å². The summed E-state index contributed by atoms with van der Waals surface area (Å²) < 4.78 is 20.8. The van der Waals surface area contributed by atoms with E-state index in [1.54, 1.807) is 0 Å². The highest BCUT2D eigenvalue weighted by molar-refractivity contribution is 6.99. The smallest absolute Gasteiger partial charge is 0.261 e. The predicted octanol–water partition coefficient (Wildman–Crippen LogP) is 7.55. The fourth-order valence-electron chi connectivity index (χ4n) is 6.22. The molecule has 0 bridgehead atoms. The van der Waals surface area contributed by atoms with Crippen LogP contribution in [-0.4, -0.2) is 41.1 Å². The van der Waals surface area contributed by atoms with Gasteiger partial charge in [-0.2, -0.15) is 0 Å². The van der Waals surface area contributed by atoms with E-state index in [0.717, 1.165) is 12.8 Å². The van der Waals surface area contributed by atoms with Crippen LogP contribution in [-0.2, 0) is 13.6 Å². The topological polar surface area (TPSA) is 31.0 Å². The van der Waals surface area contributed by atoms with Crippen LogP contribution in [0.1, 0.15) is 75.2 Å². The summed E-state index contributed by atoms with van der Waals surface area (Å²) in [5.74, 6) is 0.288. The fourth-order valence-corrected chi connectivity index (χ4v) is 13.7. The van der Waals surface area contributed by atoms with Crippen LogP contribution < -0.4 is 10.4 Å². The number of epoxide rings is 1. The molecular weight excluding hydrogens is 489 g/mol. The fraction of sp³-hybridized carbons (Fsp3) is 0.625. The Bertz CT molecular complexity index is 907. The van der Waals surface area contributed by atoms with Crippen molar-refractivity contribution in [2.75, 3.05) is 6.61 Å². The van der Waals surface area contributed by atoms with Crippen LogP contribution >= 0.6 is 0 Å². The third kappa shape index (κ3) is 6.33. The van der Waals surface area contributed by atoms with Gasteiger partial charge in [0.05, 0.1) is 18.8 Å².